The summed E-state index contributed by atoms with van der Waals surface area (Å²) >= 11 is 9.20. The molecule has 0 aliphatic rings. The van der Waals surface area contributed by atoms with Gasteiger partial charge >= 0.3 is 0 Å². The molecule has 2 amide bonds. The lowest BCUT2D eigenvalue weighted by Crippen LogP contribution is -2.42. The van der Waals surface area contributed by atoms with Crippen LogP contribution in [0.15, 0.2) is 33.3 Å². The fraction of sp³-hybridized carbons (Fsp3) is 0.312. The molecule has 1 unspecified atom stereocenters. The number of likely N-dealkylation sites (N-methyl/N-ethyl adjacent to an activating group) is 1. The van der Waals surface area contributed by atoms with Crippen molar-refractivity contribution in [3.63, 3.8) is 0 Å². The van der Waals surface area contributed by atoms with Crippen LogP contribution in [-0.4, -0.2) is 41.6 Å². The van der Waals surface area contributed by atoms with E-state index in [1.54, 1.807) is 38.1 Å². The molecule has 2 rings (SSSR count). The predicted octanol–water partition coefficient (Wildman–Crippen LogP) is 3.26. The van der Waals surface area contributed by atoms with Crippen LogP contribution in [0.5, 0.6) is 5.75 Å². The summed E-state index contributed by atoms with van der Waals surface area (Å²) in [5.41, 5.74) is 0. The molecule has 0 saturated carbocycles. The zero-order valence-electron chi connectivity index (χ0n) is 13.9. The number of hydrogen-bond acceptors (Lipinski definition) is 5. The number of carbonyl (C=O) groups excluding carboxylic acids is 2. The van der Waals surface area contributed by atoms with Crippen LogP contribution in [0.3, 0.4) is 0 Å². The first-order valence-corrected chi connectivity index (χ1v) is 8.53. The van der Waals surface area contributed by atoms with E-state index in [9.17, 15) is 9.59 Å². The summed E-state index contributed by atoms with van der Waals surface area (Å²) in [5.74, 6) is 0.645. The van der Waals surface area contributed by atoms with E-state index in [1.807, 2.05) is 0 Å². The molecule has 0 aliphatic carbocycles. The topological polar surface area (TPSA) is 84.7 Å². The van der Waals surface area contributed by atoms with Crippen LogP contribution >= 0.6 is 27.5 Å². The Labute approximate surface area is 158 Å². The number of halogens is 2. The van der Waals surface area contributed by atoms with Gasteiger partial charge in [-0.1, -0.05) is 16.8 Å². The molecular formula is C16H17BrClN3O4. The molecule has 0 aliphatic heterocycles. The van der Waals surface area contributed by atoms with Gasteiger partial charge in [-0.05, 0) is 48.0 Å². The quantitative estimate of drug-likeness (QED) is 0.760. The summed E-state index contributed by atoms with van der Waals surface area (Å²) in [6.45, 7) is 3.19. The van der Waals surface area contributed by atoms with E-state index in [-0.39, 0.29) is 18.4 Å². The van der Waals surface area contributed by atoms with Gasteiger partial charge < -0.3 is 19.5 Å². The maximum atomic E-state index is 12.4. The van der Waals surface area contributed by atoms with Crippen molar-refractivity contribution in [2.45, 2.75) is 20.0 Å². The molecule has 7 nitrogen and oxygen atoms in total. The third-order valence-corrected chi connectivity index (χ3v) is 4.05. The Morgan fingerprint density at radius 3 is 2.76 bits per heavy atom. The Morgan fingerprint density at radius 1 is 1.44 bits per heavy atom. The second-order valence-electron chi connectivity index (χ2n) is 5.40. The largest absolute Gasteiger partial charge is 0.480 e. The Bertz CT molecular complexity index is 780. The van der Waals surface area contributed by atoms with Crippen LogP contribution in [0.2, 0.25) is 5.02 Å². The number of anilines is 1. The van der Waals surface area contributed by atoms with Crippen molar-refractivity contribution in [3.05, 3.63) is 39.5 Å². The van der Waals surface area contributed by atoms with E-state index >= 15 is 0 Å². The number of amides is 2. The molecule has 0 spiro atoms. The van der Waals surface area contributed by atoms with Crippen LogP contribution in [0, 0.1) is 6.92 Å². The van der Waals surface area contributed by atoms with Crippen molar-refractivity contribution < 1.29 is 18.8 Å². The van der Waals surface area contributed by atoms with E-state index < -0.39 is 6.10 Å². The summed E-state index contributed by atoms with van der Waals surface area (Å²) in [5, 5.41) is 6.77. The van der Waals surface area contributed by atoms with Gasteiger partial charge in [0.25, 0.3) is 5.91 Å². The van der Waals surface area contributed by atoms with E-state index in [4.69, 9.17) is 20.9 Å². The number of aryl methyl sites for hydroxylation is 1. The number of nitrogens with one attached hydrogen (secondary N) is 1. The van der Waals surface area contributed by atoms with Crippen molar-refractivity contribution in [1.29, 1.82) is 0 Å². The van der Waals surface area contributed by atoms with Gasteiger partial charge in [0.1, 0.15) is 11.5 Å². The first-order chi connectivity index (χ1) is 11.8. The molecule has 0 radical (unpaired) electrons. The lowest BCUT2D eigenvalue weighted by atomic mass is 10.3. The average Bonchev–Trinajstić information content (AvgIpc) is 2.93. The third kappa shape index (κ3) is 5.47. The number of carbonyl (C=O) groups is 2. The van der Waals surface area contributed by atoms with Gasteiger partial charge in [-0.2, -0.15) is 0 Å². The van der Waals surface area contributed by atoms with E-state index in [0.29, 0.717) is 26.8 Å². The number of nitrogens with zero attached hydrogens (tertiary/aromatic N) is 2. The molecule has 0 bridgehead atoms. The minimum atomic E-state index is -0.774. The van der Waals surface area contributed by atoms with E-state index in [0.717, 1.165) is 0 Å². The van der Waals surface area contributed by atoms with Gasteiger partial charge in [-0.3, -0.25) is 9.59 Å². The highest BCUT2D eigenvalue weighted by atomic mass is 79.9. The Hall–Kier alpha value is -2.06. The highest BCUT2D eigenvalue weighted by molar-refractivity contribution is 9.10. The van der Waals surface area contributed by atoms with Crippen LogP contribution in [0.4, 0.5) is 5.82 Å². The number of aromatic nitrogens is 1. The third-order valence-electron chi connectivity index (χ3n) is 3.20. The van der Waals surface area contributed by atoms with Gasteiger partial charge in [-0.15, -0.1) is 0 Å². The number of ether oxygens (including phenoxy) is 1. The van der Waals surface area contributed by atoms with Crippen molar-refractivity contribution in [2.24, 2.45) is 0 Å². The van der Waals surface area contributed by atoms with E-state index in [1.165, 1.54) is 11.9 Å². The van der Waals surface area contributed by atoms with Gasteiger partial charge in [0.2, 0.25) is 5.91 Å². The van der Waals surface area contributed by atoms with Crippen molar-refractivity contribution in [1.82, 2.24) is 10.1 Å². The molecule has 1 N–H and O–H groups in total. The molecule has 0 fully saturated rings. The highest BCUT2D eigenvalue weighted by Gasteiger charge is 2.22. The van der Waals surface area contributed by atoms with Crippen molar-refractivity contribution in [3.8, 4) is 5.75 Å². The predicted molar refractivity (Wildman–Crippen MR) is 96.7 cm³/mol. The van der Waals surface area contributed by atoms with Gasteiger partial charge in [-0.25, -0.2) is 0 Å². The molecular weight excluding hydrogens is 414 g/mol. The normalized spacial score (nSPS) is 11.7. The molecule has 134 valence electrons. The molecule has 1 aromatic heterocycles. The lowest BCUT2D eigenvalue weighted by Gasteiger charge is -2.22. The molecule has 2 aromatic rings. The number of hydrogen-bond donors (Lipinski definition) is 1. The fourth-order valence-electron chi connectivity index (χ4n) is 2.02. The first kappa shape index (κ1) is 19.3. The Morgan fingerprint density at radius 2 is 2.16 bits per heavy atom. The molecule has 1 atom stereocenters. The maximum Gasteiger partial charge on any atom is 0.263 e. The van der Waals surface area contributed by atoms with Gasteiger partial charge in [0, 0.05) is 18.1 Å². The molecule has 1 aromatic carbocycles. The monoisotopic (exact) mass is 429 g/mol. The summed E-state index contributed by atoms with van der Waals surface area (Å²) in [7, 11) is 1.52. The minimum absolute atomic E-state index is 0.139. The van der Waals surface area contributed by atoms with Gasteiger partial charge in [0.15, 0.2) is 11.9 Å². The molecule has 0 saturated heterocycles. The summed E-state index contributed by atoms with van der Waals surface area (Å²) in [6, 6.07) is 6.58. The number of rotatable bonds is 6. The van der Waals surface area contributed by atoms with Crippen molar-refractivity contribution in [2.75, 3.05) is 18.9 Å². The zero-order chi connectivity index (χ0) is 18.6. The average molecular weight is 431 g/mol. The summed E-state index contributed by atoms with van der Waals surface area (Å²) in [6.07, 6.45) is -0.774. The maximum absolute atomic E-state index is 12.4. The highest BCUT2D eigenvalue weighted by Crippen LogP contribution is 2.28. The molecule has 1 heterocycles. The second kappa shape index (κ2) is 8.35. The SMILES string of the molecule is Cc1cc(NC(=O)CN(C)C(=O)C(C)Oc2ccc(Cl)cc2Br)no1. The van der Waals surface area contributed by atoms with Crippen LogP contribution in [-0.2, 0) is 9.59 Å². The zero-order valence-corrected chi connectivity index (χ0v) is 16.2. The molecule has 25 heavy (non-hydrogen) atoms. The van der Waals surface area contributed by atoms with Gasteiger partial charge in [0.05, 0.1) is 11.0 Å². The van der Waals surface area contributed by atoms with Crippen LogP contribution < -0.4 is 10.1 Å². The first-order valence-electron chi connectivity index (χ1n) is 7.36. The summed E-state index contributed by atoms with van der Waals surface area (Å²) in [4.78, 5) is 25.6. The summed E-state index contributed by atoms with van der Waals surface area (Å²) < 4.78 is 11.1. The lowest BCUT2D eigenvalue weighted by molar-refractivity contribution is -0.139. The fourth-order valence-corrected chi connectivity index (χ4v) is 2.80. The second-order valence-corrected chi connectivity index (χ2v) is 6.69. The van der Waals surface area contributed by atoms with Crippen LogP contribution in [0.1, 0.15) is 12.7 Å². The van der Waals surface area contributed by atoms with Crippen LogP contribution in [0.25, 0.3) is 0 Å². The van der Waals surface area contributed by atoms with E-state index in [2.05, 4.69) is 26.4 Å². The van der Waals surface area contributed by atoms with Crippen molar-refractivity contribution >= 4 is 45.2 Å². The Kier molecular flexibility index (Phi) is 6.44. The number of benzene rings is 1. The standard InChI is InChI=1S/C16H17BrClN3O4/c1-9-6-14(20-25-9)19-15(22)8-21(3)16(23)10(2)24-13-5-4-11(18)7-12(13)17/h4-7,10H,8H2,1-3H3,(H,19,20,22). The minimum Gasteiger partial charge on any atom is -0.480 e. The smallest absolute Gasteiger partial charge is 0.263 e. The molecule has 9 heteroatoms. The Balaban J connectivity index is 1.90.